The highest BCUT2D eigenvalue weighted by molar-refractivity contribution is 5.93. The standard InChI is InChI=1S/C16H22N2O6/c1-4-24-13-8-6-5-7-12(13)17-16(21)18(11-15(20)23-3)10-9-14(19)22-2/h5-8H,4,9-11H2,1-3H3,(H,17,21). The van der Waals surface area contributed by atoms with E-state index >= 15 is 0 Å². The summed E-state index contributed by atoms with van der Waals surface area (Å²) in [6, 6.07) is 6.38. The van der Waals surface area contributed by atoms with Gasteiger partial charge in [0.2, 0.25) is 0 Å². The molecule has 0 unspecified atom stereocenters. The molecule has 0 aromatic heterocycles. The Hall–Kier alpha value is -2.77. The normalized spacial score (nSPS) is 9.79. The van der Waals surface area contributed by atoms with E-state index in [1.165, 1.54) is 19.1 Å². The molecule has 0 spiro atoms. The van der Waals surface area contributed by atoms with Gasteiger partial charge in [0.05, 0.1) is 32.9 Å². The SMILES string of the molecule is CCOc1ccccc1NC(=O)N(CCC(=O)OC)CC(=O)OC. The van der Waals surface area contributed by atoms with E-state index in [0.29, 0.717) is 18.0 Å². The zero-order chi connectivity index (χ0) is 17.9. The molecule has 0 aliphatic carbocycles. The third-order valence-corrected chi connectivity index (χ3v) is 3.08. The number of nitrogens with one attached hydrogen (secondary N) is 1. The van der Waals surface area contributed by atoms with Gasteiger partial charge < -0.3 is 24.4 Å². The number of carbonyl (C=O) groups excluding carboxylic acids is 3. The fourth-order valence-electron chi connectivity index (χ4n) is 1.85. The Balaban J connectivity index is 2.82. The van der Waals surface area contributed by atoms with Crippen molar-refractivity contribution in [3.63, 3.8) is 0 Å². The lowest BCUT2D eigenvalue weighted by molar-refractivity contribution is -0.143. The van der Waals surface area contributed by atoms with E-state index in [1.54, 1.807) is 24.3 Å². The number of ether oxygens (including phenoxy) is 3. The molecule has 0 aliphatic heterocycles. The van der Waals surface area contributed by atoms with Crippen molar-refractivity contribution in [2.75, 3.05) is 39.2 Å². The number of nitrogens with zero attached hydrogens (tertiary/aromatic N) is 1. The van der Waals surface area contributed by atoms with Crippen LogP contribution in [-0.4, -0.2) is 56.8 Å². The molecule has 0 aliphatic rings. The van der Waals surface area contributed by atoms with Crippen LogP contribution in [0.25, 0.3) is 0 Å². The molecule has 132 valence electrons. The zero-order valence-corrected chi connectivity index (χ0v) is 14.0. The summed E-state index contributed by atoms with van der Waals surface area (Å²) in [5.74, 6) is -0.556. The fourth-order valence-corrected chi connectivity index (χ4v) is 1.85. The lowest BCUT2D eigenvalue weighted by Gasteiger charge is -2.22. The Labute approximate surface area is 140 Å². The summed E-state index contributed by atoms with van der Waals surface area (Å²) in [5, 5.41) is 2.67. The Morgan fingerprint density at radius 1 is 1.08 bits per heavy atom. The molecule has 0 radical (unpaired) electrons. The molecule has 8 heteroatoms. The minimum atomic E-state index is -0.590. The number of benzene rings is 1. The van der Waals surface area contributed by atoms with E-state index in [2.05, 4.69) is 14.8 Å². The summed E-state index contributed by atoms with van der Waals surface area (Å²) in [5.41, 5.74) is 0.470. The Bertz CT molecular complexity index is 575. The smallest absolute Gasteiger partial charge is 0.325 e. The van der Waals surface area contributed by atoms with E-state index in [9.17, 15) is 14.4 Å². The number of para-hydroxylation sites is 2. The van der Waals surface area contributed by atoms with Gasteiger partial charge in [-0.3, -0.25) is 9.59 Å². The minimum absolute atomic E-state index is 0.0183. The second-order valence-corrected chi connectivity index (χ2v) is 4.68. The maximum Gasteiger partial charge on any atom is 0.325 e. The highest BCUT2D eigenvalue weighted by atomic mass is 16.5. The first-order chi connectivity index (χ1) is 11.5. The highest BCUT2D eigenvalue weighted by Gasteiger charge is 2.20. The van der Waals surface area contributed by atoms with E-state index < -0.39 is 18.0 Å². The van der Waals surface area contributed by atoms with Crippen LogP contribution in [0.4, 0.5) is 10.5 Å². The van der Waals surface area contributed by atoms with Crippen molar-refractivity contribution in [3.05, 3.63) is 24.3 Å². The van der Waals surface area contributed by atoms with Gasteiger partial charge in [-0.1, -0.05) is 12.1 Å². The van der Waals surface area contributed by atoms with E-state index in [0.717, 1.165) is 0 Å². The van der Waals surface area contributed by atoms with Gasteiger partial charge in [-0.05, 0) is 19.1 Å². The highest BCUT2D eigenvalue weighted by Crippen LogP contribution is 2.24. The van der Waals surface area contributed by atoms with Crippen LogP contribution in [0.2, 0.25) is 0 Å². The zero-order valence-electron chi connectivity index (χ0n) is 14.0. The number of anilines is 1. The van der Waals surface area contributed by atoms with Crippen molar-refractivity contribution >= 4 is 23.7 Å². The van der Waals surface area contributed by atoms with Crippen molar-refractivity contribution in [1.82, 2.24) is 4.90 Å². The molecule has 0 fully saturated rings. The third kappa shape index (κ3) is 6.15. The fraction of sp³-hybridized carbons (Fsp3) is 0.438. The third-order valence-electron chi connectivity index (χ3n) is 3.08. The molecule has 1 rings (SSSR count). The first-order valence-electron chi connectivity index (χ1n) is 7.43. The molecule has 0 heterocycles. The van der Waals surface area contributed by atoms with Gasteiger partial charge in [-0.2, -0.15) is 0 Å². The van der Waals surface area contributed by atoms with Crippen molar-refractivity contribution in [3.8, 4) is 5.75 Å². The van der Waals surface area contributed by atoms with Crippen LogP contribution >= 0.6 is 0 Å². The van der Waals surface area contributed by atoms with Gasteiger partial charge in [-0.15, -0.1) is 0 Å². The molecule has 1 aromatic carbocycles. The summed E-state index contributed by atoms with van der Waals surface area (Å²) in [4.78, 5) is 36.3. The lowest BCUT2D eigenvalue weighted by atomic mass is 10.3. The number of carbonyl (C=O) groups is 3. The predicted octanol–water partition coefficient (Wildman–Crippen LogP) is 1.66. The van der Waals surface area contributed by atoms with Crippen LogP contribution in [0.15, 0.2) is 24.3 Å². The molecular weight excluding hydrogens is 316 g/mol. The number of rotatable bonds is 8. The minimum Gasteiger partial charge on any atom is -0.492 e. The second-order valence-electron chi connectivity index (χ2n) is 4.68. The van der Waals surface area contributed by atoms with Crippen LogP contribution in [0, 0.1) is 0 Å². The monoisotopic (exact) mass is 338 g/mol. The Morgan fingerprint density at radius 2 is 1.75 bits per heavy atom. The Kier molecular flexibility index (Phi) is 8.10. The largest absolute Gasteiger partial charge is 0.492 e. The Morgan fingerprint density at radius 3 is 2.38 bits per heavy atom. The second kappa shape index (κ2) is 10.1. The number of hydrogen-bond donors (Lipinski definition) is 1. The quantitative estimate of drug-likeness (QED) is 0.725. The van der Waals surface area contributed by atoms with Crippen molar-refractivity contribution in [2.45, 2.75) is 13.3 Å². The van der Waals surface area contributed by atoms with Crippen molar-refractivity contribution in [2.24, 2.45) is 0 Å². The summed E-state index contributed by atoms with van der Waals surface area (Å²) in [6.07, 6.45) is -0.0337. The molecular formula is C16H22N2O6. The van der Waals surface area contributed by atoms with Crippen molar-refractivity contribution < 1.29 is 28.6 Å². The number of hydrogen-bond acceptors (Lipinski definition) is 6. The molecule has 1 N–H and O–H groups in total. The van der Waals surface area contributed by atoms with Gasteiger partial charge in [0.15, 0.2) is 0 Å². The number of esters is 2. The van der Waals surface area contributed by atoms with Crippen molar-refractivity contribution in [1.29, 1.82) is 0 Å². The van der Waals surface area contributed by atoms with Gasteiger partial charge in [0.25, 0.3) is 0 Å². The molecule has 1 aromatic rings. The van der Waals surface area contributed by atoms with Gasteiger partial charge in [-0.25, -0.2) is 4.79 Å². The molecule has 24 heavy (non-hydrogen) atoms. The van der Waals surface area contributed by atoms with Crippen LogP contribution in [-0.2, 0) is 19.1 Å². The first-order valence-corrected chi connectivity index (χ1v) is 7.43. The van der Waals surface area contributed by atoms with Crippen LogP contribution in [0.1, 0.15) is 13.3 Å². The summed E-state index contributed by atoms with van der Waals surface area (Å²) in [6.45, 7) is 2.01. The molecule has 2 amide bonds. The number of methoxy groups -OCH3 is 2. The molecule has 8 nitrogen and oxygen atoms in total. The van der Waals surface area contributed by atoms with Crippen LogP contribution in [0.5, 0.6) is 5.75 Å². The average molecular weight is 338 g/mol. The maximum absolute atomic E-state index is 12.4. The van der Waals surface area contributed by atoms with Gasteiger partial charge in [0, 0.05) is 6.54 Å². The summed E-state index contributed by atoms with van der Waals surface area (Å²) >= 11 is 0. The first kappa shape index (κ1) is 19.3. The molecule has 0 bridgehead atoms. The number of amides is 2. The van der Waals surface area contributed by atoms with E-state index in [1.807, 2.05) is 6.92 Å². The lowest BCUT2D eigenvalue weighted by Crippen LogP contribution is -2.40. The van der Waals surface area contributed by atoms with Crippen LogP contribution < -0.4 is 10.1 Å². The number of urea groups is 1. The molecule has 0 atom stereocenters. The molecule has 0 saturated heterocycles. The van der Waals surface area contributed by atoms with Gasteiger partial charge >= 0.3 is 18.0 Å². The molecule has 0 saturated carbocycles. The average Bonchev–Trinajstić information content (AvgIpc) is 2.59. The summed E-state index contributed by atoms with van der Waals surface area (Å²) in [7, 11) is 2.48. The van der Waals surface area contributed by atoms with Gasteiger partial charge in [0.1, 0.15) is 12.3 Å². The van der Waals surface area contributed by atoms with E-state index in [-0.39, 0.29) is 19.5 Å². The summed E-state index contributed by atoms with van der Waals surface area (Å²) < 4.78 is 14.6. The predicted molar refractivity (Wildman–Crippen MR) is 86.9 cm³/mol. The van der Waals surface area contributed by atoms with Crippen LogP contribution in [0.3, 0.4) is 0 Å². The maximum atomic E-state index is 12.4. The van der Waals surface area contributed by atoms with E-state index in [4.69, 9.17) is 4.74 Å². The topological polar surface area (TPSA) is 94.2 Å².